The van der Waals surface area contributed by atoms with Gasteiger partial charge in [0.1, 0.15) is 11.2 Å². The minimum absolute atomic E-state index is 0.447. The van der Waals surface area contributed by atoms with E-state index in [-0.39, 0.29) is 0 Å². The van der Waals surface area contributed by atoms with Gasteiger partial charge in [0.2, 0.25) is 0 Å². The van der Waals surface area contributed by atoms with Crippen molar-refractivity contribution in [2.45, 2.75) is 0 Å². The number of nitriles is 1. The number of hydrogen-bond donors (Lipinski definition) is 1. The lowest BCUT2D eigenvalue weighted by Crippen LogP contribution is -1.92. The van der Waals surface area contributed by atoms with Crippen molar-refractivity contribution in [1.29, 1.82) is 5.26 Å². The van der Waals surface area contributed by atoms with Gasteiger partial charge in [0.05, 0.1) is 11.3 Å². The average molecular weight is 315 g/mol. The molecule has 0 saturated heterocycles. The number of anilines is 2. The van der Waals surface area contributed by atoms with Gasteiger partial charge in [0.15, 0.2) is 5.13 Å². The summed E-state index contributed by atoms with van der Waals surface area (Å²) in [6, 6.07) is 7.54. The van der Waals surface area contributed by atoms with Gasteiger partial charge < -0.3 is 5.32 Å². The normalized spacial score (nSPS) is 9.81. The van der Waals surface area contributed by atoms with Gasteiger partial charge >= 0.3 is 0 Å². The monoisotopic (exact) mass is 313 g/mol. The molecule has 0 fully saturated rings. The molecule has 0 saturated carbocycles. The third kappa shape index (κ3) is 2.53. The Hall–Kier alpha value is -1.09. The molecule has 1 N–H and O–H groups in total. The summed E-state index contributed by atoms with van der Waals surface area (Å²) in [6.45, 7) is 0. The topological polar surface area (TPSA) is 48.7 Å². The molecule has 16 heavy (non-hydrogen) atoms. The van der Waals surface area contributed by atoms with Gasteiger partial charge in [-0.1, -0.05) is 27.5 Å². The van der Waals surface area contributed by atoms with Gasteiger partial charge in [-0.15, -0.1) is 11.3 Å². The average Bonchev–Trinajstić information content (AvgIpc) is 2.67. The molecule has 0 bridgehead atoms. The van der Waals surface area contributed by atoms with Crippen LogP contribution in [0, 0.1) is 11.3 Å². The van der Waals surface area contributed by atoms with Gasteiger partial charge in [-0.2, -0.15) is 5.26 Å². The van der Waals surface area contributed by atoms with Gasteiger partial charge in [-0.05, 0) is 18.2 Å². The van der Waals surface area contributed by atoms with Crippen molar-refractivity contribution in [3.63, 3.8) is 0 Å². The summed E-state index contributed by atoms with van der Waals surface area (Å²) in [7, 11) is 0. The van der Waals surface area contributed by atoms with E-state index in [1.54, 1.807) is 11.4 Å². The van der Waals surface area contributed by atoms with Crippen LogP contribution in [0.3, 0.4) is 0 Å². The smallest absolute Gasteiger partial charge is 0.188 e. The standard InChI is InChI=1S/C10H5BrClN3S/c11-7-1-2-8(6(3-7)4-13)14-10-15-9(12)5-16-10/h1-3,5H,(H,14,15). The molecule has 0 aliphatic carbocycles. The van der Waals surface area contributed by atoms with Crippen LogP contribution < -0.4 is 5.32 Å². The molecule has 2 aromatic rings. The quantitative estimate of drug-likeness (QED) is 0.905. The molecule has 1 heterocycles. The first-order chi connectivity index (χ1) is 7.69. The Morgan fingerprint density at radius 2 is 2.31 bits per heavy atom. The van der Waals surface area contributed by atoms with E-state index in [4.69, 9.17) is 16.9 Å². The number of nitrogens with one attached hydrogen (secondary N) is 1. The third-order valence-electron chi connectivity index (χ3n) is 1.82. The van der Waals surface area contributed by atoms with E-state index in [2.05, 4.69) is 32.3 Å². The number of hydrogen-bond acceptors (Lipinski definition) is 4. The highest BCUT2D eigenvalue weighted by molar-refractivity contribution is 9.10. The maximum absolute atomic E-state index is 8.97. The Balaban J connectivity index is 2.31. The zero-order valence-corrected chi connectivity index (χ0v) is 11.0. The van der Waals surface area contributed by atoms with Crippen LogP contribution in [0.5, 0.6) is 0 Å². The largest absolute Gasteiger partial charge is 0.330 e. The SMILES string of the molecule is N#Cc1cc(Br)ccc1Nc1nc(Cl)cs1. The number of thiazole rings is 1. The van der Waals surface area contributed by atoms with Gasteiger partial charge in [-0.25, -0.2) is 4.98 Å². The van der Waals surface area contributed by atoms with Crippen LogP contribution >= 0.6 is 38.9 Å². The molecule has 0 unspecified atom stereocenters. The van der Waals surface area contributed by atoms with Crippen molar-refractivity contribution in [1.82, 2.24) is 4.98 Å². The Labute approximate surface area is 110 Å². The van der Waals surface area contributed by atoms with Crippen molar-refractivity contribution in [3.05, 3.63) is 38.8 Å². The number of benzene rings is 1. The summed E-state index contributed by atoms with van der Waals surface area (Å²) < 4.78 is 0.867. The molecule has 0 aliphatic heterocycles. The molecule has 80 valence electrons. The molecular formula is C10H5BrClN3S. The Bertz CT molecular complexity index is 561. The zero-order valence-electron chi connectivity index (χ0n) is 7.87. The van der Waals surface area contributed by atoms with Gasteiger partial charge in [-0.3, -0.25) is 0 Å². The lowest BCUT2D eigenvalue weighted by Gasteiger charge is -2.04. The van der Waals surface area contributed by atoms with E-state index in [1.165, 1.54) is 11.3 Å². The summed E-state index contributed by atoms with van der Waals surface area (Å²) in [5.41, 5.74) is 1.28. The van der Waals surface area contributed by atoms with Crippen LogP contribution in [0.4, 0.5) is 10.8 Å². The van der Waals surface area contributed by atoms with Crippen LogP contribution in [-0.4, -0.2) is 4.98 Å². The van der Waals surface area contributed by atoms with E-state index in [0.29, 0.717) is 15.8 Å². The highest BCUT2D eigenvalue weighted by Gasteiger charge is 2.05. The highest BCUT2D eigenvalue weighted by Crippen LogP contribution is 2.26. The second-order valence-electron chi connectivity index (χ2n) is 2.90. The van der Waals surface area contributed by atoms with E-state index >= 15 is 0 Å². The van der Waals surface area contributed by atoms with E-state index < -0.39 is 0 Å². The minimum atomic E-state index is 0.447. The van der Waals surface area contributed by atoms with Crippen molar-refractivity contribution < 1.29 is 0 Å². The molecule has 2 rings (SSSR count). The summed E-state index contributed by atoms with van der Waals surface area (Å²) in [5.74, 6) is 0. The number of aromatic nitrogens is 1. The first kappa shape index (κ1) is 11.4. The van der Waals surface area contributed by atoms with E-state index in [0.717, 1.165) is 10.2 Å². The fourth-order valence-corrected chi connectivity index (χ4v) is 2.36. The van der Waals surface area contributed by atoms with E-state index in [1.807, 2.05) is 12.1 Å². The Morgan fingerprint density at radius 3 is 2.94 bits per heavy atom. The summed E-state index contributed by atoms with van der Waals surface area (Å²) in [6.07, 6.45) is 0. The molecular weight excluding hydrogens is 310 g/mol. The Morgan fingerprint density at radius 1 is 1.50 bits per heavy atom. The first-order valence-electron chi connectivity index (χ1n) is 4.27. The lowest BCUT2D eigenvalue weighted by molar-refractivity contribution is 1.38. The minimum Gasteiger partial charge on any atom is -0.330 e. The van der Waals surface area contributed by atoms with Gasteiger partial charge in [0.25, 0.3) is 0 Å². The van der Waals surface area contributed by atoms with E-state index in [9.17, 15) is 0 Å². The highest BCUT2D eigenvalue weighted by atomic mass is 79.9. The summed E-state index contributed by atoms with van der Waals surface area (Å²) >= 11 is 10.4. The third-order valence-corrected chi connectivity index (χ3v) is 3.39. The summed E-state index contributed by atoms with van der Waals surface area (Å²) in [4.78, 5) is 4.06. The second-order valence-corrected chi connectivity index (χ2v) is 5.06. The molecule has 1 aromatic carbocycles. The fourth-order valence-electron chi connectivity index (χ4n) is 1.14. The molecule has 1 aromatic heterocycles. The maximum atomic E-state index is 8.97. The summed E-state index contributed by atoms with van der Waals surface area (Å²) in [5, 5.41) is 14.9. The fraction of sp³-hybridized carbons (Fsp3) is 0. The van der Waals surface area contributed by atoms with Crippen molar-refractivity contribution in [3.8, 4) is 6.07 Å². The predicted octanol–water partition coefficient (Wildman–Crippen LogP) is 4.17. The zero-order chi connectivity index (χ0) is 11.5. The molecule has 0 atom stereocenters. The molecule has 0 spiro atoms. The molecule has 0 radical (unpaired) electrons. The van der Waals surface area contributed by atoms with Crippen LogP contribution in [0.2, 0.25) is 5.15 Å². The molecule has 3 nitrogen and oxygen atoms in total. The number of halogens is 2. The van der Waals surface area contributed by atoms with Crippen molar-refractivity contribution in [2.24, 2.45) is 0 Å². The van der Waals surface area contributed by atoms with Crippen LogP contribution in [-0.2, 0) is 0 Å². The second kappa shape index (κ2) is 4.83. The maximum Gasteiger partial charge on any atom is 0.188 e. The van der Waals surface area contributed by atoms with Gasteiger partial charge in [0, 0.05) is 9.85 Å². The van der Waals surface area contributed by atoms with Crippen LogP contribution in [0.15, 0.2) is 28.1 Å². The predicted molar refractivity (Wildman–Crippen MR) is 69.3 cm³/mol. The molecule has 0 aliphatic rings. The Kier molecular flexibility index (Phi) is 3.44. The first-order valence-corrected chi connectivity index (χ1v) is 6.32. The molecule has 6 heteroatoms. The number of nitrogens with zero attached hydrogens (tertiary/aromatic N) is 2. The molecule has 0 amide bonds. The lowest BCUT2D eigenvalue weighted by atomic mass is 10.2. The number of rotatable bonds is 2. The van der Waals surface area contributed by atoms with Crippen molar-refractivity contribution in [2.75, 3.05) is 5.32 Å². The van der Waals surface area contributed by atoms with Crippen molar-refractivity contribution >= 4 is 49.7 Å². The van der Waals surface area contributed by atoms with Crippen LogP contribution in [0.25, 0.3) is 0 Å². The van der Waals surface area contributed by atoms with Crippen LogP contribution in [0.1, 0.15) is 5.56 Å².